The highest BCUT2D eigenvalue weighted by molar-refractivity contribution is 6.22. The Labute approximate surface area is 147 Å². The van der Waals surface area contributed by atoms with Crippen molar-refractivity contribution in [2.24, 2.45) is 0 Å². The Morgan fingerprint density at radius 1 is 1.04 bits per heavy atom. The molecule has 1 aromatic heterocycles. The lowest BCUT2D eigenvalue weighted by atomic mass is 10.1. The molecule has 0 radical (unpaired) electrons. The van der Waals surface area contributed by atoms with E-state index in [4.69, 9.17) is 0 Å². The highest BCUT2D eigenvalue weighted by atomic mass is 19.1. The van der Waals surface area contributed by atoms with E-state index in [2.05, 4.69) is 15.6 Å². The van der Waals surface area contributed by atoms with E-state index < -0.39 is 11.8 Å². The number of rotatable bonds is 4. The van der Waals surface area contributed by atoms with Crippen LogP contribution in [0.15, 0.2) is 42.6 Å². The summed E-state index contributed by atoms with van der Waals surface area (Å²) < 4.78 is 13.2. The van der Waals surface area contributed by atoms with Crippen molar-refractivity contribution < 1.29 is 18.8 Å². The van der Waals surface area contributed by atoms with E-state index in [0.29, 0.717) is 24.0 Å². The Morgan fingerprint density at radius 2 is 1.85 bits per heavy atom. The quantitative estimate of drug-likeness (QED) is 0.629. The molecule has 4 rings (SSSR count). The monoisotopic (exact) mass is 351 g/mol. The number of nitrogens with one attached hydrogen (secondary N) is 3. The summed E-state index contributed by atoms with van der Waals surface area (Å²) in [5.74, 6) is -1.58. The number of hydrogen-bond acceptors (Lipinski definition) is 3. The van der Waals surface area contributed by atoms with Gasteiger partial charge in [0, 0.05) is 29.2 Å². The van der Waals surface area contributed by atoms with Crippen LogP contribution in [0.4, 0.5) is 4.39 Å². The van der Waals surface area contributed by atoms with Gasteiger partial charge in [0.2, 0.25) is 0 Å². The molecule has 2 heterocycles. The van der Waals surface area contributed by atoms with Gasteiger partial charge >= 0.3 is 0 Å². The second-order valence-electron chi connectivity index (χ2n) is 6.05. The maximum atomic E-state index is 13.2. The van der Waals surface area contributed by atoms with Crippen LogP contribution in [-0.4, -0.2) is 29.3 Å². The van der Waals surface area contributed by atoms with Crippen LogP contribution in [0.3, 0.4) is 0 Å². The van der Waals surface area contributed by atoms with Crippen LogP contribution in [0, 0.1) is 5.82 Å². The van der Waals surface area contributed by atoms with Gasteiger partial charge in [-0.1, -0.05) is 0 Å². The first kappa shape index (κ1) is 16.0. The van der Waals surface area contributed by atoms with Gasteiger partial charge in [-0.25, -0.2) is 4.39 Å². The molecule has 0 unspecified atom stereocenters. The lowest BCUT2D eigenvalue weighted by molar-refractivity contribution is 0.0878. The first-order valence-corrected chi connectivity index (χ1v) is 8.06. The number of amides is 3. The molecule has 0 atom stereocenters. The average molecular weight is 351 g/mol. The molecule has 1 aliphatic heterocycles. The summed E-state index contributed by atoms with van der Waals surface area (Å²) in [5, 5.41) is 5.89. The van der Waals surface area contributed by atoms with Crippen molar-refractivity contribution >= 4 is 28.6 Å². The molecule has 0 saturated carbocycles. The number of benzene rings is 2. The fraction of sp³-hybridized carbons (Fsp3) is 0.105. The first-order chi connectivity index (χ1) is 12.5. The second kappa shape index (κ2) is 6.11. The van der Waals surface area contributed by atoms with Gasteiger partial charge in [0.25, 0.3) is 17.7 Å². The number of carbonyl (C=O) groups is 3. The average Bonchev–Trinajstić information content (AvgIpc) is 3.15. The van der Waals surface area contributed by atoms with E-state index in [-0.39, 0.29) is 22.9 Å². The molecule has 7 heteroatoms. The standard InChI is InChI=1S/C19H14FN3O3/c20-12-2-4-13-11(9-22-16(13)8-12)5-6-21-17(24)10-1-3-14-15(7-10)19(26)23-18(14)25/h1-4,7-9,22H,5-6H2,(H,21,24)(H,23,25,26). The summed E-state index contributed by atoms with van der Waals surface area (Å²) in [7, 11) is 0. The molecule has 0 saturated heterocycles. The molecule has 130 valence electrons. The Balaban J connectivity index is 1.43. The molecular weight excluding hydrogens is 337 g/mol. The van der Waals surface area contributed by atoms with E-state index in [1.54, 1.807) is 12.3 Å². The van der Waals surface area contributed by atoms with Crippen molar-refractivity contribution in [3.63, 3.8) is 0 Å². The number of halogens is 1. The zero-order chi connectivity index (χ0) is 18.3. The summed E-state index contributed by atoms with van der Waals surface area (Å²) in [4.78, 5) is 38.5. The molecule has 3 N–H and O–H groups in total. The van der Waals surface area contributed by atoms with E-state index >= 15 is 0 Å². The summed E-state index contributed by atoms with van der Waals surface area (Å²) in [5.41, 5.74) is 2.48. The van der Waals surface area contributed by atoms with Gasteiger partial charge in [-0.05, 0) is 48.4 Å². The largest absolute Gasteiger partial charge is 0.361 e. The van der Waals surface area contributed by atoms with Gasteiger partial charge in [0.1, 0.15) is 5.82 Å². The van der Waals surface area contributed by atoms with Crippen LogP contribution in [0.5, 0.6) is 0 Å². The van der Waals surface area contributed by atoms with Gasteiger partial charge in [-0.15, -0.1) is 0 Å². The van der Waals surface area contributed by atoms with Gasteiger partial charge in [-0.2, -0.15) is 0 Å². The topological polar surface area (TPSA) is 91.1 Å². The van der Waals surface area contributed by atoms with E-state index in [0.717, 1.165) is 10.9 Å². The number of H-pyrrole nitrogens is 1. The Kier molecular flexibility index (Phi) is 3.76. The predicted molar refractivity (Wildman–Crippen MR) is 92.5 cm³/mol. The molecule has 3 amide bonds. The molecule has 0 spiro atoms. The highest BCUT2D eigenvalue weighted by Crippen LogP contribution is 2.20. The Morgan fingerprint density at radius 3 is 2.69 bits per heavy atom. The minimum absolute atomic E-state index is 0.210. The Bertz CT molecular complexity index is 1070. The number of aromatic amines is 1. The first-order valence-electron chi connectivity index (χ1n) is 8.06. The molecule has 0 aliphatic carbocycles. The maximum absolute atomic E-state index is 13.2. The summed E-state index contributed by atoms with van der Waals surface area (Å²) in [6.07, 6.45) is 2.36. The number of hydrogen-bond donors (Lipinski definition) is 3. The third-order valence-corrected chi connectivity index (χ3v) is 4.41. The van der Waals surface area contributed by atoms with E-state index in [9.17, 15) is 18.8 Å². The van der Waals surface area contributed by atoms with Crippen molar-refractivity contribution in [3.05, 3.63) is 70.7 Å². The van der Waals surface area contributed by atoms with Crippen LogP contribution in [0.2, 0.25) is 0 Å². The number of fused-ring (bicyclic) bond motifs is 2. The molecule has 2 aromatic carbocycles. The normalized spacial score (nSPS) is 13.0. The summed E-state index contributed by atoms with van der Waals surface area (Å²) in [6.45, 7) is 0.380. The fourth-order valence-electron chi connectivity index (χ4n) is 3.09. The SMILES string of the molecule is O=C(NCCc1c[nH]c2cc(F)ccc12)c1ccc2c(c1)C(=O)NC2=O. The zero-order valence-electron chi connectivity index (χ0n) is 13.6. The third-order valence-electron chi connectivity index (χ3n) is 4.41. The van der Waals surface area contributed by atoms with Crippen molar-refractivity contribution in [1.29, 1.82) is 0 Å². The van der Waals surface area contributed by atoms with Crippen LogP contribution in [0.25, 0.3) is 10.9 Å². The van der Waals surface area contributed by atoms with Gasteiger partial charge < -0.3 is 10.3 Å². The lowest BCUT2D eigenvalue weighted by Gasteiger charge is -2.06. The van der Waals surface area contributed by atoms with Crippen LogP contribution < -0.4 is 10.6 Å². The second-order valence-corrected chi connectivity index (χ2v) is 6.05. The molecule has 1 aliphatic rings. The van der Waals surface area contributed by atoms with Crippen LogP contribution in [-0.2, 0) is 6.42 Å². The molecule has 26 heavy (non-hydrogen) atoms. The smallest absolute Gasteiger partial charge is 0.258 e. The number of imide groups is 1. The molecule has 0 fully saturated rings. The van der Waals surface area contributed by atoms with Crippen LogP contribution in [0.1, 0.15) is 36.6 Å². The van der Waals surface area contributed by atoms with E-state index in [1.165, 1.54) is 30.3 Å². The fourth-order valence-corrected chi connectivity index (χ4v) is 3.09. The molecule has 3 aromatic rings. The van der Waals surface area contributed by atoms with Crippen molar-refractivity contribution in [3.8, 4) is 0 Å². The summed E-state index contributed by atoms with van der Waals surface area (Å²) in [6, 6.07) is 8.93. The zero-order valence-corrected chi connectivity index (χ0v) is 13.6. The predicted octanol–water partition coefficient (Wildman–Crippen LogP) is 2.16. The van der Waals surface area contributed by atoms with Crippen LogP contribution >= 0.6 is 0 Å². The summed E-state index contributed by atoms with van der Waals surface area (Å²) >= 11 is 0. The molecular formula is C19H14FN3O3. The highest BCUT2D eigenvalue weighted by Gasteiger charge is 2.27. The van der Waals surface area contributed by atoms with Gasteiger partial charge in [0.05, 0.1) is 11.1 Å². The molecule has 6 nitrogen and oxygen atoms in total. The maximum Gasteiger partial charge on any atom is 0.258 e. The van der Waals surface area contributed by atoms with Crippen molar-refractivity contribution in [1.82, 2.24) is 15.6 Å². The lowest BCUT2D eigenvalue weighted by Crippen LogP contribution is -2.25. The number of carbonyl (C=O) groups excluding carboxylic acids is 3. The van der Waals surface area contributed by atoms with E-state index in [1.807, 2.05) is 0 Å². The third kappa shape index (κ3) is 2.73. The minimum atomic E-state index is -0.495. The number of aromatic nitrogens is 1. The molecule has 0 bridgehead atoms. The van der Waals surface area contributed by atoms with Crippen molar-refractivity contribution in [2.45, 2.75) is 6.42 Å². The van der Waals surface area contributed by atoms with Crippen molar-refractivity contribution in [2.75, 3.05) is 6.54 Å². The minimum Gasteiger partial charge on any atom is -0.361 e. The Hall–Kier alpha value is -3.48. The van der Waals surface area contributed by atoms with Gasteiger partial charge in [-0.3, -0.25) is 19.7 Å². The van der Waals surface area contributed by atoms with Gasteiger partial charge in [0.15, 0.2) is 0 Å².